The number of halogens is 1. The van der Waals surface area contributed by atoms with Gasteiger partial charge < -0.3 is 4.74 Å². The largest absolute Gasteiger partial charge is 0.479 e. The zero-order chi connectivity index (χ0) is 11.5. The van der Waals surface area contributed by atoms with Crippen LogP contribution in [0.3, 0.4) is 0 Å². The van der Waals surface area contributed by atoms with Crippen LogP contribution in [0.5, 0.6) is 5.88 Å². The van der Waals surface area contributed by atoms with Crippen molar-refractivity contribution >= 4 is 33.0 Å². The van der Waals surface area contributed by atoms with E-state index < -0.39 is 0 Å². The molecule has 2 aromatic heterocycles. The standard InChI is InChI=1S/C10H7BrN2O2S/c1-15-10-8(12-2-3-13-10)9(14)7-4-6(11)5-16-7/h2-5H,1H3. The molecule has 0 saturated carbocycles. The Hall–Kier alpha value is -1.27. The van der Waals surface area contributed by atoms with Crippen molar-refractivity contribution in [3.8, 4) is 5.88 Å². The first kappa shape index (κ1) is 11.2. The fraction of sp³-hybridized carbons (Fsp3) is 0.100. The molecule has 4 nitrogen and oxygen atoms in total. The Bertz CT molecular complexity index is 527. The second kappa shape index (κ2) is 4.71. The Labute approximate surface area is 104 Å². The summed E-state index contributed by atoms with van der Waals surface area (Å²) in [5, 5.41) is 1.84. The number of nitrogens with zero attached hydrogens (tertiary/aromatic N) is 2. The molecule has 0 bridgehead atoms. The highest BCUT2D eigenvalue weighted by Gasteiger charge is 2.18. The highest BCUT2D eigenvalue weighted by molar-refractivity contribution is 9.10. The molecule has 0 fully saturated rings. The minimum absolute atomic E-state index is 0.180. The summed E-state index contributed by atoms with van der Waals surface area (Å²) in [6, 6.07) is 1.75. The van der Waals surface area contributed by atoms with Crippen molar-refractivity contribution < 1.29 is 9.53 Å². The van der Waals surface area contributed by atoms with E-state index in [1.165, 1.54) is 30.8 Å². The zero-order valence-electron chi connectivity index (χ0n) is 8.31. The maximum Gasteiger partial charge on any atom is 0.243 e. The summed E-state index contributed by atoms with van der Waals surface area (Å²) in [7, 11) is 1.46. The van der Waals surface area contributed by atoms with Crippen molar-refractivity contribution in [1.82, 2.24) is 9.97 Å². The maximum absolute atomic E-state index is 12.0. The SMILES string of the molecule is COc1nccnc1C(=O)c1cc(Br)cs1. The van der Waals surface area contributed by atoms with Gasteiger partial charge in [0, 0.05) is 22.2 Å². The number of hydrogen-bond acceptors (Lipinski definition) is 5. The minimum atomic E-state index is -0.180. The van der Waals surface area contributed by atoms with Gasteiger partial charge in [-0.25, -0.2) is 9.97 Å². The number of ketones is 1. The normalized spacial score (nSPS) is 10.1. The first-order valence-corrected chi connectivity index (χ1v) is 6.03. The lowest BCUT2D eigenvalue weighted by atomic mass is 10.2. The Kier molecular flexibility index (Phi) is 3.31. The van der Waals surface area contributed by atoms with Crippen LogP contribution in [0.15, 0.2) is 28.3 Å². The number of thiophene rings is 1. The molecular weight excluding hydrogens is 292 g/mol. The molecule has 6 heteroatoms. The second-order valence-corrected chi connectivity index (χ2v) is 4.70. The molecule has 16 heavy (non-hydrogen) atoms. The second-order valence-electron chi connectivity index (χ2n) is 2.87. The number of aromatic nitrogens is 2. The third-order valence-electron chi connectivity index (χ3n) is 1.86. The zero-order valence-corrected chi connectivity index (χ0v) is 10.7. The maximum atomic E-state index is 12.0. The number of ether oxygens (including phenoxy) is 1. The van der Waals surface area contributed by atoms with Crippen LogP contribution >= 0.6 is 27.3 Å². The molecule has 0 unspecified atom stereocenters. The van der Waals surface area contributed by atoms with Gasteiger partial charge in [-0.05, 0) is 22.0 Å². The van der Waals surface area contributed by atoms with Crippen molar-refractivity contribution in [1.29, 1.82) is 0 Å². The smallest absolute Gasteiger partial charge is 0.243 e. The fourth-order valence-corrected chi connectivity index (χ4v) is 2.55. The third kappa shape index (κ3) is 2.12. The molecule has 0 amide bonds. The number of carbonyl (C=O) groups excluding carboxylic acids is 1. The minimum Gasteiger partial charge on any atom is -0.479 e. The van der Waals surface area contributed by atoms with Gasteiger partial charge in [-0.2, -0.15) is 0 Å². The van der Waals surface area contributed by atoms with E-state index in [4.69, 9.17) is 4.74 Å². The van der Waals surface area contributed by atoms with Gasteiger partial charge in [-0.3, -0.25) is 4.79 Å². The van der Waals surface area contributed by atoms with Gasteiger partial charge in [-0.15, -0.1) is 11.3 Å². The summed E-state index contributed by atoms with van der Waals surface area (Å²) < 4.78 is 5.87. The third-order valence-corrected chi connectivity index (χ3v) is 3.55. The van der Waals surface area contributed by atoms with Gasteiger partial charge in [0.15, 0.2) is 5.69 Å². The Balaban J connectivity index is 2.41. The summed E-state index contributed by atoms with van der Waals surface area (Å²) in [4.78, 5) is 20.6. The van der Waals surface area contributed by atoms with Crippen molar-refractivity contribution in [2.75, 3.05) is 7.11 Å². The quantitative estimate of drug-likeness (QED) is 0.817. The van der Waals surface area contributed by atoms with E-state index in [9.17, 15) is 4.79 Å². The predicted molar refractivity (Wildman–Crippen MR) is 64.0 cm³/mol. The highest BCUT2D eigenvalue weighted by atomic mass is 79.9. The van der Waals surface area contributed by atoms with Crippen LogP contribution in [0.4, 0.5) is 0 Å². The average Bonchev–Trinajstić information content (AvgIpc) is 2.75. The van der Waals surface area contributed by atoms with Crippen molar-refractivity contribution in [3.63, 3.8) is 0 Å². The molecule has 2 aromatic rings. The Morgan fingerprint density at radius 2 is 2.19 bits per heavy atom. The van der Waals surface area contributed by atoms with E-state index in [1.54, 1.807) is 6.07 Å². The van der Waals surface area contributed by atoms with Gasteiger partial charge in [0.2, 0.25) is 11.7 Å². The molecule has 0 aliphatic carbocycles. The van der Waals surface area contributed by atoms with Gasteiger partial charge in [0.25, 0.3) is 0 Å². The molecule has 0 aliphatic rings. The van der Waals surface area contributed by atoms with Crippen LogP contribution in [0, 0.1) is 0 Å². The van der Waals surface area contributed by atoms with Crippen LogP contribution in [0.2, 0.25) is 0 Å². The van der Waals surface area contributed by atoms with E-state index in [0.717, 1.165) is 4.47 Å². The van der Waals surface area contributed by atoms with Crippen molar-refractivity contribution in [2.24, 2.45) is 0 Å². The Morgan fingerprint density at radius 1 is 1.44 bits per heavy atom. The van der Waals surface area contributed by atoms with E-state index >= 15 is 0 Å². The van der Waals surface area contributed by atoms with Gasteiger partial charge >= 0.3 is 0 Å². The van der Waals surface area contributed by atoms with E-state index in [2.05, 4.69) is 25.9 Å². The predicted octanol–water partition coefficient (Wildman–Crippen LogP) is 2.54. The monoisotopic (exact) mass is 298 g/mol. The van der Waals surface area contributed by atoms with Crippen LogP contribution in [0.1, 0.15) is 15.4 Å². The topological polar surface area (TPSA) is 52.1 Å². The molecule has 82 valence electrons. The van der Waals surface area contributed by atoms with Crippen LogP contribution < -0.4 is 4.74 Å². The Morgan fingerprint density at radius 3 is 2.81 bits per heavy atom. The molecule has 0 saturated heterocycles. The molecule has 0 aromatic carbocycles. The van der Waals surface area contributed by atoms with Crippen molar-refractivity contribution in [3.05, 3.63) is 38.9 Å². The molecular formula is C10H7BrN2O2S. The lowest BCUT2D eigenvalue weighted by molar-refractivity contribution is 0.103. The number of methoxy groups -OCH3 is 1. The molecule has 0 radical (unpaired) electrons. The summed E-state index contributed by atoms with van der Waals surface area (Å²) in [6.07, 6.45) is 2.96. The first-order valence-electron chi connectivity index (χ1n) is 4.36. The number of carbonyl (C=O) groups is 1. The summed E-state index contributed by atoms with van der Waals surface area (Å²) >= 11 is 4.65. The fourth-order valence-electron chi connectivity index (χ4n) is 1.18. The van der Waals surface area contributed by atoms with E-state index in [1.807, 2.05) is 5.38 Å². The molecule has 0 aliphatic heterocycles. The molecule has 2 rings (SSSR count). The van der Waals surface area contributed by atoms with E-state index in [-0.39, 0.29) is 17.4 Å². The number of rotatable bonds is 3. The summed E-state index contributed by atoms with van der Waals surface area (Å²) in [5.74, 6) is 0.0673. The van der Waals surface area contributed by atoms with Crippen LogP contribution in [0.25, 0.3) is 0 Å². The summed E-state index contributed by atoms with van der Waals surface area (Å²) in [6.45, 7) is 0. The van der Waals surface area contributed by atoms with E-state index in [0.29, 0.717) is 4.88 Å². The lowest BCUT2D eigenvalue weighted by Crippen LogP contribution is -2.06. The average molecular weight is 299 g/mol. The number of hydrogen-bond donors (Lipinski definition) is 0. The molecule has 2 heterocycles. The summed E-state index contributed by atoms with van der Waals surface area (Å²) in [5.41, 5.74) is 0.236. The van der Waals surface area contributed by atoms with Crippen LogP contribution in [-0.2, 0) is 0 Å². The van der Waals surface area contributed by atoms with Crippen LogP contribution in [-0.4, -0.2) is 22.9 Å². The van der Waals surface area contributed by atoms with Gasteiger partial charge in [0.1, 0.15) is 0 Å². The molecule has 0 N–H and O–H groups in total. The molecule has 0 atom stereocenters. The van der Waals surface area contributed by atoms with Crippen molar-refractivity contribution in [2.45, 2.75) is 0 Å². The van der Waals surface area contributed by atoms with Gasteiger partial charge in [-0.1, -0.05) is 0 Å². The molecule has 0 spiro atoms. The lowest BCUT2D eigenvalue weighted by Gasteiger charge is -2.02. The van der Waals surface area contributed by atoms with Gasteiger partial charge in [0.05, 0.1) is 12.0 Å². The highest BCUT2D eigenvalue weighted by Crippen LogP contribution is 2.24. The first-order chi connectivity index (χ1) is 7.72.